The first-order valence-corrected chi connectivity index (χ1v) is 8.94. The molecule has 1 aliphatic heterocycles. The van der Waals surface area contributed by atoms with Gasteiger partial charge in [-0.3, -0.25) is 29.6 Å². The summed E-state index contributed by atoms with van der Waals surface area (Å²) in [6, 6.07) is 9.95. The Hall–Kier alpha value is -3.46. The fraction of sp³-hybridized carbons (Fsp3) is 0.111. The van der Waals surface area contributed by atoms with Crippen LogP contribution in [0.2, 0.25) is 0 Å². The lowest BCUT2D eigenvalue weighted by atomic mass is 10.1. The molecule has 0 aliphatic carbocycles. The van der Waals surface area contributed by atoms with E-state index in [1.54, 1.807) is 36.4 Å². The van der Waals surface area contributed by atoms with Crippen LogP contribution in [0.1, 0.15) is 36.1 Å². The van der Waals surface area contributed by atoms with E-state index in [1.165, 1.54) is 28.6 Å². The predicted molar refractivity (Wildman–Crippen MR) is 97.6 cm³/mol. The van der Waals surface area contributed by atoms with Crippen molar-refractivity contribution in [2.24, 2.45) is 0 Å². The summed E-state index contributed by atoms with van der Waals surface area (Å²) >= 11 is 1.21. The molecule has 0 bridgehead atoms. The quantitative estimate of drug-likeness (QED) is 0.680. The Kier molecular flexibility index (Phi) is 4.43. The lowest BCUT2D eigenvalue weighted by molar-refractivity contribution is 0.0655. The van der Waals surface area contributed by atoms with Crippen LogP contribution in [0.5, 0.6) is 0 Å². The molecule has 3 aromatic rings. The minimum Gasteiger partial charge on any atom is -0.296 e. The van der Waals surface area contributed by atoms with Gasteiger partial charge in [-0.05, 0) is 24.3 Å². The van der Waals surface area contributed by atoms with Crippen LogP contribution < -0.4 is 5.32 Å². The second-order valence-electron chi connectivity index (χ2n) is 5.75. The first kappa shape index (κ1) is 17.0. The number of rotatable bonds is 5. The fourth-order valence-electron chi connectivity index (χ4n) is 2.73. The molecular weight excluding hydrogens is 366 g/mol. The number of carbonyl (C=O) groups excluding carboxylic acids is 3. The molecule has 4 rings (SSSR count). The van der Waals surface area contributed by atoms with E-state index in [2.05, 4.69) is 20.5 Å². The molecule has 0 atom stereocenters. The number of hydrogen-bond acceptors (Lipinski definition) is 7. The first-order valence-electron chi connectivity index (χ1n) is 8.12. The number of carbonyl (C=O) groups is 3. The van der Waals surface area contributed by atoms with E-state index in [4.69, 9.17) is 0 Å². The van der Waals surface area contributed by atoms with Crippen molar-refractivity contribution >= 4 is 34.2 Å². The maximum Gasteiger partial charge on any atom is 0.261 e. The highest BCUT2D eigenvalue weighted by Gasteiger charge is 2.34. The Morgan fingerprint density at radius 3 is 2.33 bits per heavy atom. The first-order chi connectivity index (χ1) is 13.1. The van der Waals surface area contributed by atoms with Crippen LogP contribution in [0.4, 0.5) is 5.13 Å². The van der Waals surface area contributed by atoms with E-state index in [9.17, 15) is 14.4 Å². The van der Waals surface area contributed by atoms with Gasteiger partial charge >= 0.3 is 0 Å². The number of pyridine rings is 1. The van der Waals surface area contributed by atoms with E-state index in [0.29, 0.717) is 33.3 Å². The average molecular weight is 379 g/mol. The van der Waals surface area contributed by atoms with Gasteiger partial charge in [0.1, 0.15) is 5.01 Å². The van der Waals surface area contributed by atoms with Crippen LogP contribution in [0.3, 0.4) is 0 Å². The summed E-state index contributed by atoms with van der Waals surface area (Å²) in [5.41, 5.74) is 1.31. The standard InChI is InChI=1S/C18H13N5O3S/c24-15(11-5-8-19-9-6-11)20-18-22-21-14(27-18)7-10-23-16(25)12-3-1-2-4-13(12)17(23)26/h1-6,8-9H,7,10H2,(H,20,22,24). The van der Waals surface area contributed by atoms with Gasteiger partial charge < -0.3 is 0 Å². The molecule has 1 N–H and O–H groups in total. The van der Waals surface area contributed by atoms with Crippen molar-refractivity contribution in [3.05, 3.63) is 70.5 Å². The molecule has 0 saturated heterocycles. The third-order valence-electron chi connectivity index (χ3n) is 4.06. The highest BCUT2D eigenvalue weighted by Crippen LogP contribution is 2.23. The molecule has 3 heterocycles. The molecule has 9 heteroatoms. The van der Waals surface area contributed by atoms with Gasteiger partial charge in [0.15, 0.2) is 0 Å². The molecule has 0 radical (unpaired) electrons. The minimum absolute atomic E-state index is 0.208. The number of nitrogens with one attached hydrogen (secondary N) is 1. The van der Waals surface area contributed by atoms with E-state index in [0.717, 1.165) is 0 Å². The molecule has 0 saturated carbocycles. The fourth-order valence-corrected chi connectivity index (χ4v) is 3.45. The van der Waals surface area contributed by atoms with E-state index in [-0.39, 0.29) is 24.3 Å². The zero-order chi connectivity index (χ0) is 18.8. The van der Waals surface area contributed by atoms with Gasteiger partial charge in [-0.1, -0.05) is 23.5 Å². The van der Waals surface area contributed by atoms with Crippen molar-refractivity contribution in [3.8, 4) is 0 Å². The van der Waals surface area contributed by atoms with Crippen molar-refractivity contribution in [3.63, 3.8) is 0 Å². The number of benzene rings is 1. The molecule has 1 aliphatic rings. The second-order valence-corrected chi connectivity index (χ2v) is 6.81. The van der Waals surface area contributed by atoms with Gasteiger partial charge in [-0.2, -0.15) is 0 Å². The van der Waals surface area contributed by atoms with E-state index >= 15 is 0 Å². The molecule has 2 aromatic heterocycles. The number of fused-ring (bicyclic) bond motifs is 1. The number of amides is 3. The number of aromatic nitrogens is 3. The minimum atomic E-state index is -0.305. The van der Waals surface area contributed by atoms with Crippen LogP contribution in [0.25, 0.3) is 0 Å². The van der Waals surface area contributed by atoms with Gasteiger partial charge in [0.05, 0.1) is 11.1 Å². The maximum absolute atomic E-state index is 12.3. The number of hydrogen-bond donors (Lipinski definition) is 1. The van der Waals surface area contributed by atoms with Crippen LogP contribution in [0.15, 0.2) is 48.8 Å². The summed E-state index contributed by atoms with van der Waals surface area (Å²) in [5, 5.41) is 11.6. The third kappa shape index (κ3) is 3.32. The molecule has 3 amide bonds. The average Bonchev–Trinajstić information content (AvgIpc) is 3.24. The molecule has 0 fully saturated rings. The molecule has 0 spiro atoms. The van der Waals surface area contributed by atoms with Gasteiger partial charge in [0.25, 0.3) is 17.7 Å². The number of anilines is 1. The topological polar surface area (TPSA) is 105 Å². The summed E-state index contributed by atoms with van der Waals surface area (Å²) in [5.74, 6) is -0.905. The zero-order valence-electron chi connectivity index (χ0n) is 14.0. The molecule has 8 nitrogen and oxygen atoms in total. The van der Waals surface area contributed by atoms with Crippen LogP contribution in [-0.4, -0.2) is 44.3 Å². The van der Waals surface area contributed by atoms with Crippen LogP contribution in [-0.2, 0) is 6.42 Å². The summed E-state index contributed by atoms with van der Waals surface area (Å²) in [6.45, 7) is 0.208. The highest BCUT2D eigenvalue weighted by atomic mass is 32.1. The Morgan fingerprint density at radius 2 is 1.67 bits per heavy atom. The summed E-state index contributed by atoms with van der Waals surface area (Å²) in [7, 11) is 0. The van der Waals surface area contributed by atoms with E-state index < -0.39 is 0 Å². The van der Waals surface area contributed by atoms with Crippen molar-refractivity contribution in [2.75, 3.05) is 11.9 Å². The highest BCUT2D eigenvalue weighted by molar-refractivity contribution is 7.15. The van der Waals surface area contributed by atoms with Crippen molar-refractivity contribution in [1.82, 2.24) is 20.1 Å². The van der Waals surface area contributed by atoms with Gasteiger partial charge in [-0.15, -0.1) is 10.2 Å². The number of imide groups is 1. The number of nitrogens with zero attached hydrogens (tertiary/aromatic N) is 4. The molecule has 27 heavy (non-hydrogen) atoms. The lowest BCUT2D eigenvalue weighted by Gasteiger charge is -2.12. The van der Waals surface area contributed by atoms with Gasteiger partial charge in [-0.25, -0.2) is 0 Å². The van der Waals surface area contributed by atoms with Crippen molar-refractivity contribution in [2.45, 2.75) is 6.42 Å². The predicted octanol–water partition coefficient (Wildman–Crippen LogP) is 2.02. The smallest absolute Gasteiger partial charge is 0.261 e. The molecule has 134 valence electrons. The van der Waals surface area contributed by atoms with E-state index in [1.807, 2.05) is 0 Å². The Balaban J connectivity index is 1.39. The largest absolute Gasteiger partial charge is 0.296 e. The monoisotopic (exact) mass is 379 g/mol. The molecule has 0 unspecified atom stereocenters. The summed E-state index contributed by atoms with van der Waals surface area (Å²) in [6.07, 6.45) is 3.43. The van der Waals surface area contributed by atoms with Gasteiger partial charge in [0.2, 0.25) is 5.13 Å². The normalized spacial score (nSPS) is 13.0. The Morgan fingerprint density at radius 1 is 1.00 bits per heavy atom. The second kappa shape index (κ2) is 7.04. The van der Waals surface area contributed by atoms with Crippen LogP contribution >= 0.6 is 11.3 Å². The summed E-state index contributed by atoms with van der Waals surface area (Å²) in [4.78, 5) is 41.9. The van der Waals surface area contributed by atoms with Gasteiger partial charge in [0, 0.05) is 30.9 Å². The third-order valence-corrected chi connectivity index (χ3v) is 4.96. The van der Waals surface area contributed by atoms with Crippen molar-refractivity contribution < 1.29 is 14.4 Å². The summed E-state index contributed by atoms with van der Waals surface area (Å²) < 4.78 is 0. The Labute approximate surface area is 157 Å². The molecular formula is C18H13N5O3S. The maximum atomic E-state index is 12.3. The Bertz CT molecular complexity index is 999. The molecule has 1 aromatic carbocycles. The lowest BCUT2D eigenvalue weighted by Crippen LogP contribution is -2.31. The van der Waals surface area contributed by atoms with Crippen LogP contribution in [0, 0.1) is 0 Å². The SMILES string of the molecule is O=C(Nc1nnc(CCN2C(=O)c3ccccc3C2=O)s1)c1ccncc1. The van der Waals surface area contributed by atoms with Crippen molar-refractivity contribution in [1.29, 1.82) is 0 Å². The zero-order valence-corrected chi connectivity index (χ0v) is 14.8.